The summed E-state index contributed by atoms with van der Waals surface area (Å²) in [7, 11) is 1.65. The molecule has 2 aromatic rings. The summed E-state index contributed by atoms with van der Waals surface area (Å²) in [6.07, 6.45) is 2.33. The van der Waals surface area contributed by atoms with Gasteiger partial charge in [0.25, 0.3) is 0 Å². The third kappa shape index (κ3) is 3.68. The van der Waals surface area contributed by atoms with E-state index < -0.39 is 0 Å². The lowest BCUT2D eigenvalue weighted by Crippen LogP contribution is -2.37. The monoisotopic (exact) mass is 316 g/mol. The topological polar surface area (TPSA) is 78.3 Å². The number of hydrogen-bond acceptors (Lipinski definition) is 5. The van der Waals surface area contributed by atoms with Crippen molar-refractivity contribution in [1.29, 1.82) is 0 Å². The summed E-state index contributed by atoms with van der Waals surface area (Å²) in [5, 5.41) is 10.8. The second kappa shape index (κ2) is 7.23. The predicted octanol–water partition coefficient (Wildman–Crippen LogP) is 0.792. The summed E-state index contributed by atoms with van der Waals surface area (Å²) in [6, 6.07) is 7.82. The Bertz CT molecular complexity index is 671. The first-order valence-corrected chi connectivity index (χ1v) is 7.62. The Balaban J connectivity index is 1.55. The maximum atomic E-state index is 12.4. The number of nitrogens with zero attached hydrogens (tertiary/aromatic N) is 3. The largest absolute Gasteiger partial charge is 0.492 e. The number of carbonyl (C=O) groups excluding carboxylic acids is 1. The number of methoxy groups -OCH3 is 1. The van der Waals surface area contributed by atoms with Gasteiger partial charge in [0, 0.05) is 13.7 Å². The van der Waals surface area contributed by atoms with Gasteiger partial charge < -0.3 is 19.4 Å². The van der Waals surface area contributed by atoms with E-state index in [-0.39, 0.29) is 11.8 Å². The van der Waals surface area contributed by atoms with Crippen molar-refractivity contribution in [3.8, 4) is 5.75 Å². The quantitative estimate of drug-likeness (QED) is 0.852. The van der Waals surface area contributed by atoms with Crippen LogP contribution in [0.5, 0.6) is 5.75 Å². The Kier molecular flexibility index (Phi) is 4.87. The zero-order valence-electron chi connectivity index (χ0n) is 13.1. The molecule has 0 aliphatic carbocycles. The van der Waals surface area contributed by atoms with Crippen LogP contribution in [0.15, 0.2) is 30.6 Å². The summed E-state index contributed by atoms with van der Waals surface area (Å²) in [4.78, 5) is 12.4. The smallest absolute Gasteiger partial charge is 0.227 e. The highest BCUT2D eigenvalue weighted by molar-refractivity contribution is 5.79. The number of carbonyl (C=O) groups is 1. The van der Waals surface area contributed by atoms with Crippen LogP contribution < -0.4 is 10.1 Å². The summed E-state index contributed by atoms with van der Waals surface area (Å²) in [6.45, 7) is 1.99. The third-order valence-corrected chi connectivity index (χ3v) is 3.90. The van der Waals surface area contributed by atoms with Crippen molar-refractivity contribution in [2.75, 3.05) is 20.3 Å². The highest BCUT2D eigenvalue weighted by Crippen LogP contribution is 2.26. The molecule has 2 heterocycles. The fourth-order valence-electron chi connectivity index (χ4n) is 2.60. The van der Waals surface area contributed by atoms with Gasteiger partial charge in [-0.1, -0.05) is 18.2 Å². The Morgan fingerprint density at radius 3 is 3.22 bits per heavy atom. The van der Waals surface area contributed by atoms with Crippen molar-refractivity contribution < 1.29 is 14.3 Å². The first-order valence-electron chi connectivity index (χ1n) is 7.62. The number of rotatable bonds is 6. The number of aromatic nitrogens is 3. The summed E-state index contributed by atoms with van der Waals surface area (Å²) < 4.78 is 12.6. The van der Waals surface area contributed by atoms with E-state index in [4.69, 9.17) is 9.47 Å². The zero-order chi connectivity index (χ0) is 16.1. The molecule has 7 heteroatoms. The molecule has 23 heavy (non-hydrogen) atoms. The summed E-state index contributed by atoms with van der Waals surface area (Å²) in [5.41, 5.74) is 1.07. The summed E-state index contributed by atoms with van der Waals surface area (Å²) in [5.74, 6) is 1.38. The molecule has 1 atom stereocenters. The van der Waals surface area contributed by atoms with Crippen molar-refractivity contribution in [2.45, 2.75) is 19.5 Å². The van der Waals surface area contributed by atoms with E-state index in [2.05, 4.69) is 15.5 Å². The number of benzene rings is 1. The van der Waals surface area contributed by atoms with Crippen molar-refractivity contribution in [1.82, 2.24) is 20.1 Å². The van der Waals surface area contributed by atoms with Gasteiger partial charge in [0.1, 0.15) is 18.7 Å². The van der Waals surface area contributed by atoms with Crippen molar-refractivity contribution in [3.05, 3.63) is 42.0 Å². The SMILES string of the molecule is COCCn1cnnc1CNC(=O)[C@H]1COc2ccccc2C1. The van der Waals surface area contributed by atoms with Crippen LogP contribution in [0.25, 0.3) is 0 Å². The number of amides is 1. The first kappa shape index (κ1) is 15.5. The molecule has 0 spiro atoms. The molecule has 1 aliphatic heterocycles. The van der Waals surface area contributed by atoms with E-state index in [9.17, 15) is 4.79 Å². The van der Waals surface area contributed by atoms with Gasteiger partial charge in [0.2, 0.25) is 5.91 Å². The molecular formula is C16H20N4O3. The minimum absolute atomic E-state index is 0.0270. The van der Waals surface area contributed by atoms with Crippen molar-refractivity contribution in [2.24, 2.45) is 5.92 Å². The van der Waals surface area contributed by atoms with Crippen molar-refractivity contribution >= 4 is 5.91 Å². The molecule has 1 amide bonds. The molecule has 1 N–H and O–H groups in total. The second-order valence-corrected chi connectivity index (χ2v) is 5.47. The molecular weight excluding hydrogens is 296 g/mol. The lowest BCUT2D eigenvalue weighted by atomic mass is 9.96. The molecule has 0 fully saturated rings. The number of ether oxygens (including phenoxy) is 2. The maximum absolute atomic E-state index is 12.4. The van der Waals surface area contributed by atoms with Gasteiger partial charge in [0.15, 0.2) is 5.82 Å². The predicted molar refractivity (Wildman–Crippen MR) is 82.9 cm³/mol. The zero-order valence-corrected chi connectivity index (χ0v) is 13.1. The van der Waals surface area contributed by atoms with Gasteiger partial charge in [-0.15, -0.1) is 10.2 Å². The van der Waals surface area contributed by atoms with Gasteiger partial charge >= 0.3 is 0 Å². The average Bonchev–Trinajstić information content (AvgIpc) is 3.04. The van der Waals surface area contributed by atoms with Gasteiger partial charge in [-0.2, -0.15) is 0 Å². The van der Waals surface area contributed by atoms with Crippen LogP contribution in [-0.2, 0) is 29.0 Å². The van der Waals surface area contributed by atoms with Gasteiger partial charge in [-0.25, -0.2) is 0 Å². The van der Waals surface area contributed by atoms with E-state index in [1.807, 2.05) is 28.8 Å². The molecule has 122 valence electrons. The number of para-hydroxylation sites is 1. The molecule has 3 rings (SSSR count). The maximum Gasteiger partial charge on any atom is 0.227 e. The van der Waals surface area contributed by atoms with Crippen LogP contribution in [0.4, 0.5) is 0 Å². The fraction of sp³-hybridized carbons (Fsp3) is 0.438. The minimum atomic E-state index is -0.180. The second-order valence-electron chi connectivity index (χ2n) is 5.47. The van der Waals surface area contributed by atoms with Crippen LogP contribution in [0.1, 0.15) is 11.4 Å². The molecule has 0 saturated carbocycles. The molecule has 7 nitrogen and oxygen atoms in total. The van der Waals surface area contributed by atoms with Gasteiger partial charge in [-0.3, -0.25) is 4.79 Å². The van der Waals surface area contributed by atoms with E-state index in [1.165, 1.54) is 0 Å². The normalized spacial score (nSPS) is 16.5. The van der Waals surface area contributed by atoms with Gasteiger partial charge in [-0.05, 0) is 18.1 Å². The Hall–Kier alpha value is -2.41. The van der Waals surface area contributed by atoms with E-state index in [1.54, 1.807) is 13.4 Å². The average molecular weight is 316 g/mol. The molecule has 0 saturated heterocycles. The molecule has 0 radical (unpaired) electrons. The highest BCUT2D eigenvalue weighted by Gasteiger charge is 2.25. The number of fused-ring (bicyclic) bond motifs is 1. The standard InChI is InChI=1S/C16H20N4O3/c1-22-7-6-20-11-18-19-15(20)9-17-16(21)13-8-12-4-2-3-5-14(12)23-10-13/h2-5,11,13H,6-10H2,1H3,(H,17,21)/t13-/m1/s1. The molecule has 0 bridgehead atoms. The van der Waals surface area contributed by atoms with Crippen LogP contribution in [0.3, 0.4) is 0 Å². The first-order chi connectivity index (χ1) is 11.3. The lowest BCUT2D eigenvalue weighted by Gasteiger charge is -2.24. The molecule has 0 unspecified atom stereocenters. The van der Waals surface area contributed by atoms with Gasteiger partial charge in [0.05, 0.1) is 19.1 Å². The van der Waals surface area contributed by atoms with E-state index in [0.717, 1.165) is 11.3 Å². The number of hydrogen-bond donors (Lipinski definition) is 1. The Morgan fingerprint density at radius 2 is 2.35 bits per heavy atom. The highest BCUT2D eigenvalue weighted by atomic mass is 16.5. The molecule has 1 aromatic carbocycles. The number of nitrogens with one attached hydrogen (secondary N) is 1. The third-order valence-electron chi connectivity index (χ3n) is 3.90. The van der Waals surface area contributed by atoms with E-state index >= 15 is 0 Å². The lowest BCUT2D eigenvalue weighted by molar-refractivity contribution is -0.126. The van der Waals surface area contributed by atoms with Crippen molar-refractivity contribution in [3.63, 3.8) is 0 Å². The van der Waals surface area contributed by atoms with E-state index in [0.29, 0.717) is 38.5 Å². The molecule has 1 aliphatic rings. The van der Waals surface area contributed by atoms with Crippen LogP contribution in [-0.4, -0.2) is 41.0 Å². The van der Waals surface area contributed by atoms with Crippen LogP contribution in [0, 0.1) is 5.92 Å². The fourth-order valence-corrected chi connectivity index (χ4v) is 2.60. The molecule has 1 aromatic heterocycles. The van der Waals surface area contributed by atoms with Crippen LogP contribution >= 0.6 is 0 Å². The van der Waals surface area contributed by atoms with Crippen LogP contribution in [0.2, 0.25) is 0 Å². The Labute approximate surface area is 134 Å². The Morgan fingerprint density at radius 1 is 1.48 bits per heavy atom. The summed E-state index contributed by atoms with van der Waals surface area (Å²) >= 11 is 0. The minimum Gasteiger partial charge on any atom is -0.492 e.